The van der Waals surface area contributed by atoms with E-state index >= 15 is 0 Å². The molecular weight excluding hydrogens is 524 g/mol. The number of alkyl halides is 1. The van der Waals surface area contributed by atoms with Crippen LogP contribution >= 0.6 is 11.6 Å². The van der Waals surface area contributed by atoms with Crippen LogP contribution in [0.25, 0.3) is 5.57 Å². The molecule has 4 saturated carbocycles. The lowest BCUT2D eigenvalue weighted by molar-refractivity contribution is -0.157. The maximum Gasteiger partial charge on any atom is 0.302 e. The van der Waals surface area contributed by atoms with Gasteiger partial charge in [-0.25, -0.2) is 0 Å². The summed E-state index contributed by atoms with van der Waals surface area (Å²) in [4.78, 5) is 11.5. The molecule has 0 N–H and O–H groups in total. The van der Waals surface area contributed by atoms with Crippen LogP contribution in [0.3, 0.4) is 0 Å². The largest absolute Gasteiger partial charge is 0.462 e. The zero-order valence-corrected chi connectivity index (χ0v) is 26.3. The molecule has 4 fully saturated rings. The van der Waals surface area contributed by atoms with E-state index in [2.05, 4.69) is 87.5 Å². The third-order valence-corrected chi connectivity index (χ3v) is 13.4. The fourth-order valence-corrected chi connectivity index (χ4v) is 11.1. The normalized spacial score (nSPS) is 38.6. The van der Waals surface area contributed by atoms with Gasteiger partial charge >= 0.3 is 5.97 Å². The second kappa shape index (κ2) is 11.2. The summed E-state index contributed by atoms with van der Waals surface area (Å²) < 4.78 is 5.68. The second-order valence-electron chi connectivity index (χ2n) is 14.6. The monoisotopic (exact) mass is 572 g/mol. The van der Waals surface area contributed by atoms with Gasteiger partial charge in [0.15, 0.2) is 0 Å². The quantitative estimate of drug-likeness (QED) is 0.254. The summed E-state index contributed by atoms with van der Waals surface area (Å²) in [6.45, 7) is 9.21. The van der Waals surface area contributed by atoms with Crippen LogP contribution < -0.4 is 0 Å². The van der Waals surface area contributed by atoms with Crippen molar-refractivity contribution in [3.8, 4) is 0 Å². The Hall–Kier alpha value is -2.06. The molecule has 0 bridgehead atoms. The summed E-state index contributed by atoms with van der Waals surface area (Å²) in [5.41, 5.74) is 4.55. The van der Waals surface area contributed by atoms with E-state index in [4.69, 9.17) is 16.3 Å². The van der Waals surface area contributed by atoms with Crippen LogP contribution in [-0.4, -0.2) is 16.9 Å². The number of hydrogen-bond donors (Lipinski definition) is 0. The van der Waals surface area contributed by atoms with Crippen molar-refractivity contribution < 1.29 is 9.53 Å². The lowest BCUT2D eigenvalue weighted by Crippen LogP contribution is -2.60. The SMILES string of the molecule is CC(=O)OC1CCC2(C)C3CCC4(C)C(C(C)CC=C(c5ccccc5)c5ccccc5)CCC4C3CCC2(Cl)C1. The Labute approximate surface area is 253 Å². The first-order valence-corrected chi connectivity index (χ1v) is 16.7. The van der Waals surface area contributed by atoms with Crippen molar-refractivity contribution >= 4 is 23.1 Å². The van der Waals surface area contributed by atoms with Gasteiger partial charge in [-0.1, -0.05) is 87.5 Å². The van der Waals surface area contributed by atoms with Crippen LogP contribution in [0.15, 0.2) is 66.7 Å². The van der Waals surface area contributed by atoms with Crippen molar-refractivity contribution in [2.75, 3.05) is 0 Å². The smallest absolute Gasteiger partial charge is 0.302 e. The van der Waals surface area contributed by atoms with E-state index in [1.165, 1.54) is 55.7 Å². The summed E-state index contributed by atoms with van der Waals surface area (Å²) in [6, 6.07) is 21.8. The van der Waals surface area contributed by atoms with Gasteiger partial charge in [-0.2, -0.15) is 0 Å². The third kappa shape index (κ3) is 5.11. The van der Waals surface area contributed by atoms with Gasteiger partial charge in [0.05, 0.1) is 4.87 Å². The molecule has 0 amide bonds. The zero-order chi connectivity index (χ0) is 28.8. The Morgan fingerprint density at radius 3 is 2.20 bits per heavy atom. The van der Waals surface area contributed by atoms with Crippen LogP contribution in [0.1, 0.15) is 103 Å². The highest BCUT2D eigenvalue weighted by molar-refractivity contribution is 6.24. The number of rotatable bonds is 6. The number of fused-ring (bicyclic) bond motifs is 5. The van der Waals surface area contributed by atoms with Crippen LogP contribution in [0.5, 0.6) is 0 Å². The minimum absolute atomic E-state index is 0.00934. The van der Waals surface area contributed by atoms with E-state index < -0.39 is 0 Å². The molecule has 0 radical (unpaired) electrons. The maximum atomic E-state index is 11.7. The van der Waals surface area contributed by atoms with Crippen LogP contribution in [0.2, 0.25) is 0 Å². The third-order valence-electron chi connectivity index (χ3n) is 12.6. The van der Waals surface area contributed by atoms with Crippen LogP contribution in [-0.2, 0) is 9.53 Å². The van der Waals surface area contributed by atoms with E-state index in [9.17, 15) is 4.79 Å². The predicted octanol–water partition coefficient (Wildman–Crippen LogP) is 10.1. The fraction of sp³-hybridized carbons (Fsp3) is 0.605. The Kier molecular flexibility index (Phi) is 7.94. The van der Waals surface area contributed by atoms with Crippen molar-refractivity contribution in [3.63, 3.8) is 0 Å². The highest BCUT2D eigenvalue weighted by Crippen LogP contribution is 2.70. The lowest BCUT2D eigenvalue weighted by Gasteiger charge is -2.64. The number of carbonyl (C=O) groups excluding carboxylic acids is 1. The lowest BCUT2D eigenvalue weighted by atomic mass is 9.44. The molecule has 2 nitrogen and oxygen atoms in total. The highest BCUT2D eigenvalue weighted by Gasteiger charge is 2.64. The number of allylic oxidation sites excluding steroid dienone is 1. The molecule has 9 unspecified atom stereocenters. The van der Waals surface area contributed by atoms with Gasteiger partial charge in [0.2, 0.25) is 0 Å². The molecule has 0 aliphatic heterocycles. The molecule has 2 aromatic carbocycles. The van der Waals surface area contributed by atoms with Gasteiger partial charge in [0.1, 0.15) is 6.10 Å². The van der Waals surface area contributed by atoms with E-state index in [0.717, 1.165) is 49.9 Å². The average molecular weight is 573 g/mol. The van der Waals surface area contributed by atoms with E-state index in [0.29, 0.717) is 17.3 Å². The molecule has 41 heavy (non-hydrogen) atoms. The molecule has 6 rings (SSSR count). The molecule has 4 aliphatic carbocycles. The van der Waals surface area contributed by atoms with Gasteiger partial charge in [-0.3, -0.25) is 4.79 Å². The summed E-state index contributed by atoms with van der Waals surface area (Å²) in [5, 5.41) is 0. The van der Waals surface area contributed by atoms with Crippen LogP contribution in [0, 0.1) is 40.4 Å². The molecule has 4 aliphatic rings. The Morgan fingerprint density at radius 1 is 0.902 bits per heavy atom. The maximum absolute atomic E-state index is 11.7. The van der Waals surface area contributed by atoms with Crippen molar-refractivity contribution in [1.29, 1.82) is 0 Å². The number of esters is 1. The number of halogens is 1. The Morgan fingerprint density at radius 2 is 1.56 bits per heavy atom. The molecule has 0 spiro atoms. The standard InChI is InChI=1S/C38H49ClO2/c1-26(15-16-31(28-11-7-5-8-12-28)29-13-9-6-10-14-29)33-17-18-34-32-20-24-38(39)25-30(41-27(2)40)19-23-37(38,4)35(32)21-22-36(33,34)3/h5-14,16,26,30,32-35H,15,17-25H2,1-4H3. The Bertz CT molecular complexity index is 1210. The first-order chi connectivity index (χ1) is 19.6. The zero-order valence-electron chi connectivity index (χ0n) is 25.6. The van der Waals surface area contributed by atoms with Crippen LogP contribution in [0.4, 0.5) is 0 Å². The summed E-state index contributed by atoms with van der Waals surface area (Å²) in [7, 11) is 0. The van der Waals surface area contributed by atoms with E-state index in [1.54, 1.807) is 0 Å². The number of benzene rings is 2. The van der Waals surface area contributed by atoms with Gasteiger partial charge in [-0.15, -0.1) is 11.6 Å². The number of carbonyl (C=O) groups is 1. The van der Waals surface area contributed by atoms with Crippen molar-refractivity contribution in [2.24, 2.45) is 40.4 Å². The number of hydrogen-bond acceptors (Lipinski definition) is 2. The topological polar surface area (TPSA) is 26.3 Å². The molecule has 0 aromatic heterocycles. The molecule has 2 aromatic rings. The fourth-order valence-electron chi connectivity index (χ4n) is 10.6. The van der Waals surface area contributed by atoms with Gasteiger partial charge in [0, 0.05) is 13.3 Å². The van der Waals surface area contributed by atoms with E-state index in [1.807, 2.05) is 0 Å². The number of ether oxygens (including phenoxy) is 1. The minimum Gasteiger partial charge on any atom is -0.462 e. The minimum atomic E-state index is -0.234. The Balaban J connectivity index is 1.19. The van der Waals surface area contributed by atoms with Gasteiger partial charge in [-0.05, 0) is 115 Å². The molecular formula is C38H49ClO2. The molecule has 3 heteroatoms. The first-order valence-electron chi connectivity index (χ1n) is 16.3. The first kappa shape index (κ1) is 29.0. The van der Waals surface area contributed by atoms with Crippen molar-refractivity contribution in [3.05, 3.63) is 77.9 Å². The molecule has 0 saturated heterocycles. The van der Waals surface area contributed by atoms with Crippen molar-refractivity contribution in [1.82, 2.24) is 0 Å². The van der Waals surface area contributed by atoms with Gasteiger partial charge in [0.25, 0.3) is 0 Å². The molecule has 220 valence electrons. The predicted molar refractivity (Wildman–Crippen MR) is 170 cm³/mol. The average Bonchev–Trinajstić information content (AvgIpc) is 3.32. The highest BCUT2D eigenvalue weighted by atomic mass is 35.5. The second-order valence-corrected chi connectivity index (χ2v) is 15.3. The van der Waals surface area contributed by atoms with E-state index in [-0.39, 0.29) is 22.4 Å². The molecule has 9 atom stereocenters. The summed E-state index contributed by atoms with van der Waals surface area (Å²) in [5.74, 6) is 3.56. The van der Waals surface area contributed by atoms with Gasteiger partial charge < -0.3 is 4.74 Å². The van der Waals surface area contributed by atoms with Crippen molar-refractivity contribution in [2.45, 2.75) is 103 Å². The summed E-state index contributed by atoms with van der Waals surface area (Å²) >= 11 is 7.55. The molecule has 0 heterocycles. The summed E-state index contributed by atoms with van der Waals surface area (Å²) in [6.07, 6.45) is 14.2.